The van der Waals surface area contributed by atoms with Gasteiger partial charge in [-0.3, -0.25) is 4.79 Å². The molecule has 0 aromatic carbocycles. The highest BCUT2D eigenvalue weighted by atomic mass is 16.5. The first kappa shape index (κ1) is 9.84. The summed E-state index contributed by atoms with van der Waals surface area (Å²) >= 11 is 0. The second-order valence-corrected chi connectivity index (χ2v) is 4.60. The number of aryl methyl sites for hydroxylation is 1. The molecule has 3 heterocycles. The van der Waals surface area contributed by atoms with E-state index in [0.717, 1.165) is 26.1 Å². The molecule has 0 bridgehead atoms. The van der Waals surface area contributed by atoms with E-state index in [1.165, 1.54) is 0 Å². The van der Waals surface area contributed by atoms with Crippen molar-refractivity contribution in [1.82, 2.24) is 15.4 Å². The van der Waals surface area contributed by atoms with Crippen molar-refractivity contribution in [1.29, 1.82) is 0 Å². The van der Waals surface area contributed by atoms with Gasteiger partial charge in [-0.2, -0.15) is 0 Å². The van der Waals surface area contributed by atoms with Crippen LogP contribution in [0.5, 0.6) is 0 Å². The van der Waals surface area contributed by atoms with Gasteiger partial charge < -0.3 is 14.7 Å². The summed E-state index contributed by atoms with van der Waals surface area (Å²) in [4.78, 5) is 14.0. The molecular weight excluding hydrogens is 206 g/mol. The number of nitrogens with one attached hydrogen (secondary N) is 1. The van der Waals surface area contributed by atoms with Crippen molar-refractivity contribution in [2.75, 3.05) is 19.6 Å². The van der Waals surface area contributed by atoms with Crippen molar-refractivity contribution < 1.29 is 9.32 Å². The van der Waals surface area contributed by atoms with Gasteiger partial charge in [0.15, 0.2) is 5.69 Å². The Balaban J connectivity index is 1.72. The molecule has 0 radical (unpaired) electrons. The minimum atomic E-state index is 0.0139. The maximum Gasteiger partial charge on any atom is 0.276 e. The lowest BCUT2D eigenvalue weighted by Gasteiger charge is -2.50. The number of carbonyl (C=O) groups is 1. The largest absolute Gasteiger partial charge is 0.361 e. The van der Waals surface area contributed by atoms with E-state index in [1.807, 2.05) is 4.90 Å². The van der Waals surface area contributed by atoms with E-state index < -0.39 is 0 Å². The molecule has 0 saturated carbocycles. The second-order valence-electron chi connectivity index (χ2n) is 4.60. The molecule has 1 N–H and O–H groups in total. The van der Waals surface area contributed by atoms with Gasteiger partial charge in [-0.05, 0) is 19.9 Å². The number of amides is 1. The number of hydrogen-bond acceptors (Lipinski definition) is 4. The SMILES string of the molecule is Cc1cc(C(=O)N2CC3CNCCC32)no1. The molecule has 3 rings (SSSR count). The molecule has 2 saturated heterocycles. The zero-order valence-corrected chi connectivity index (χ0v) is 9.27. The predicted molar refractivity (Wildman–Crippen MR) is 57.0 cm³/mol. The van der Waals surface area contributed by atoms with E-state index in [0.29, 0.717) is 23.4 Å². The Morgan fingerprint density at radius 3 is 3.25 bits per heavy atom. The fourth-order valence-electron chi connectivity index (χ4n) is 2.60. The summed E-state index contributed by atoms with van der Waals surface area (Å²) in [6.45, 7) is 4.69. The van der Waals surface area contributed by atoms with Gasteiger partial charge in [0.25, 0.3) is 5.91 Å². The summed E-state index contributed by atoms with van der Waals surface area (Å²) in [6.07, 6.45) is 1.05. The normalized spacial score (nSPS) is 28.4. The molecule has 2 unspecified atom stereocenters. The summed E-state index contributed by atoms with van der Waals surface area (Å²) < 4.78 is 4.93. The lowest BCUT2D eigenvalue weighted by Crippen LogP contribution is -2.64. The van der Waals surface area contributed by atoms with Crippen molar-refractivity contribution in [3.05, 3.63) is 17.5 Å². The molecule has 86 valence electrons. The van der Waals surface area contributed by atoms with Crippen molar-refractivity contribution >= 4 is 5.91 Å². The lowest BCUT2D eigenvalue weighted by atomic mass is 9.83. The molecular formula is C11H15N3O2. The number of fused-ring (bicyclic) bond motifs is 1. The summed E-state index contributed by atoms with van der Waals surface area (Å²) in [5.41, 5.74) is 0.439. The summed E-state index contributed by atoms with van der Waals surface area (Å²) in [7, 11) is 0. The molecule has 2 fully saturated rings. The first-order chi connectivity index (χ1) is 7.75. The number of nitrogens with zero attached hydrogens (tertiary/aromatic N) is 2. The van der Waals surface area contributed by atoms with E-state index in [4.69, 9.17) is 4.52 Å². The van der Waals surface area contributed by atoms with Crippen molar-refractivity contribution in [2.45, 2.75) is 19.4 Å². The van der Waals surface area contributed by atoms with Crippen LogP contribution >= 0.6 is 0 Å². The van der Waals surface area contributed by atoms with Crippen LogP contribution in [0.3, 0.4) is 0 Å². The molecule has 0 spiro atoms. The van der Waals surface area contributed by atoms with Crippen LogP contribution in [-0.2, 0) is 0 Å². The van der Waals surface area contributed by atoms with Crippen molar-refractivity contribution in [2.24, 2.45) is 5.92 Å². The van der Waals surface area contributed by atoms with E-state index in [1.54, 1.807) is 13.0 Å². The van der Waals surface area contributed by atoms with Crippen LogP contribution in [0, 0.1) is 12.8 Å². The minimum absolute atomic E-state index is 0.0139. The Morgan fingerprint density at radius 2 is 2.56 bits per heavy atom. The van der Waals surface area contributed by atoms with Gasteiger partial charge in [0.2, 0.25) is 0 Å². The van der Waals surface area contributed by atoms with Gasteiger partial charge in [0, 0.05) is 31.1 Å². The summed E-state index contributed by atoms with van der Waals surface area (Å²) in [6, 6.07) is 2.11. The Bertz CT molecular complexity index is 415. The van der Waals surface area contributed by atoms with Crippen LogP contribution in [-0.4, -0.2) is 41.6 Å². The molecule has 16 heavy (non-hydrogen) atoms. The zero-order chi connectivity index (χ0) is 11.1. The highest BCUT2D eigenvalue weighted by Gasteiger charge is 2.43. The number of aromatic nitrogens is 1. The second kappa shape index (κ2) is 3.59. The van der Waals surface area contributed by atoms with Gasteiger partial charge in [-0.1, -0.05) is 5.16 Å². The first-order valence-corrected chi connectivity index (χ1v) is 5.70. The molecule has 5 heteroatoms. The number of likely N-dealkylation sites (tertiary alicyclic amines) is 1. The van der Waals surface area contributed by atoms with Crippen LogP contribution < -0.4 is 5.32 Å². The Hall–Kier alpha value is -1.36. The van der Waals surface area contributed by atoms with Gasteiger partial charge in [0.05, 0.1) is 0 Å². The highest BCUT2D eigenvalue weighted by molar-refractivity contribution is 5.93. The summed E-state index contributed by atoms with van der Waals surface area (Å²) in [5, 5.41) is 7.12. The average Bonchev–Trinajstić information content (AvgIpc) is 2.67. The third-order valence-corrected chi connectivity index (χ3v) is 3.51. The highest BCUT2D eigenvalue weighted by Crippen LogP contribution is 2.30. The third kappa shape index (κ3) is 1.43. The van der Waals surface area contributed by atoms with Crippen LogP contribution in [0.15, 0.2) is 10.6 Å². The van der Waals surface area contributed by atoms with E-state index >= 15 is 0 Å². The van der Waals surface area contributed by atoms with Crippen LogP contribution in [0.4, 0.5) is 0 Å². The molecule has 1 aromatic heterocycles. The molecule has 2 atom stereocenters. The van der Waals surface area contributed by atoms with E-state index in [-0.39, 0.29) is 5.91 Å². The molecule has 5 nitrogen and oxygen atoms in total. The molecule has 1 amide bonds. The summed E-state index contributed by atoms with van der Waals surface area (Å²) in [5.74, 6) is 1.33. The van der Waals surface area contributed by atoms with Gasteiger partial charge in [-0.15, -0.1) is 0 Å². The van der Waals surface area contributed by atoms with Crippen molar-refractivity contribution in [3.63, 3.8) is 0 Å². The maximum absolute atomic E-state index is 12.1. The van der Waals surface area contributed by atoms with E-state index in [9.17, 15) is 4.79 Å². The van der Waals surface area contributed by atoms with Gasteiger partial charge in [-0.25, -0.2) is 0 Å². The monoisotopic (exact) mass is 221 g/mol. The van der Waals surface area contributed by atoms with Crippen LogP contribution in [0.25, 0.3) is 0 Å². The fraction of sp³-hybridized carbons (Fsp3) is 0.636. The van der Waals surface area contributed by atoms with Crippen molar-refractivity contribution in [3.8, 4) is 0 Å². The van der Waals surface area contributed by atoms with Gasteiger partial charge in [0.1, 0.15) is 5.76 Å². The number of rotatable bonds is 1. The quantitative estimate of drug-likeness (QED) is 0.746. The standard InChI is InChI=1S/C11H15N3O2/c1-7-4-9(13-16-7)11(15)14-6-8-5-12-3-2-10(8)14/h4,8,10,12H,2-3,5-6H2,1H3. The third-order valence-electron chi connectivity index (χ3n) is 3.51. The maximum atomic E-state index is 12.1. The van der Waals surface area contributed by atoms with Crippen LogP contribution in [0.2, 0.25) is 0 Å². The minimum Gasteiger partial charge on any atom is -0.361 e. The Kier molecular flexibility index (Phi) is 2.21. The van der Waals surface area contributed by atoms with Crippen LogP contribution in [0.1, 0.15) is 22.7 Å². The molecule has 2 aliphatic rings. The first-order valence-electron chi connectivity index (χ1n) is 5.70. The number of piperidine rings is 1. The number of carbonyl (C=O) groups excluding carboxylic acids is 1. The molecule has 1 aromatic rings. The molecule has 2 aliphatic heterocycles. The molecule has 0 aliphatic carbocycles. The predicted octanol–water partition coefficient (Wildman–Crippen LogP) is 0.417. The Morgan fingerprint density at radius 1 is 1.69 bits per heavy atom. The Labute approximate surface area is 93.8 Å². The van der Waals surface area contributed by atoms with Gasteiger partial charge >= 0.3 is 0 Å². The average molecular weight is 221 g/mol. The smallest absolute Gasteiger partial charge is 0.276 e. The number of hydrogen-bond donors (Lipinski definition) is 1. The zero-order valence-electron chi connectivity index (χ0n) is 9.27. The fourth-order valence-corrected chi connectivity index (χ4v) is 2.60. The van der Waals surface area contributed by atoms with E-state index in [2.05, 4.69) is 10.5 Å². The lowest BCUT2D eigenvalue weighted by molar-refractivity contribution is 0.00171. The topological polar surface area (TPSA) is 58.4 Å².